The second-order valence-corrected chi connectivity index (χ2v) is 6.83. The molecule has 0 bridgehead atoms. The lowest BCUT2D eigenvalue weighted by Crippen LogP contribution is -2.40. The van der Waals surface area contributed by atoms with Gasteiger partial charge >= 0.3 is 6.09 Å². The molecule has 0 spiro atoms. The Kier molecular flexibility index (Phi) is 3.69. The van der Waals surface area contributed by atoms with E-state index in [1.807, 2.05) is 27.8 Å². The van der Waals surface area contributed by atoms with Gasteiger partial charge < -0.3 is 14.2 Å². The van der Waals surface area contributed by atoms with Crippen molar-refractivity contribution in [3.8, 4) is 0 Å². The molecule has 1 aliphatic rings. The molecule has 1 aromatic heterocycles. The molecular formula is C14H21BrN2O2. The van der Waals surface area contributed by atoms with Gasteiger partial charge in [-0.2, -0.15) is 0 Å². The molecule has 0 N–H and O–H groups in total. The summed E-state index contributed by atoms with van der Waals surface area (Å²) in [6.07, 6.45) is 0.643. The highest BCUT2D eigenvalue weighted by molar-refractivity contribution is 9.10. The van der Waals surface area contributed by atoms with Crippen LogP contribution in [-0.2, 0) is 24.8 Å². The number of amides is 1. The number of nitrogens with zero attached hydrogens (tertiary/aromatic N) is 2. The molecule has 2 heterocycles. The summed E-state index contributed by atoms with van der Waals surface area (Å²) in [6.45, 7) is 9.09. The molecule has 0 atom stereocenters. The Balaban J connectivity index is 2.19. The molecule has 106 valence electrons. The van der Waals surface area contributed by atoms with E-state index in [1.54, 1.807) is 4.90 Å². The highest BCUT2D eigenvalue weighted by Crippen LogP contribution is 2.31. The van der Waals surface area contributed by atoms with Gasteiger partial charge in [-0.25, -0.2) is 4.79 Å². The fraction of sp³-hybridized carbons (Fsp3) is 0.643. The number of fused-ring (bicyclic) bond motifs is 1. The number of rotatable bonds is 0. The van der Waals surface area contributed by atoms with Gasteiger partial charge in [0.25, 0.3) is 0 Å². The first-order valence-corrected chi connectivity index (χ1v) is 7.30. The van der Waals surface area contributed by atoms with Gasteiger partial charge in [0.15, 0.2) is 0 Å². The lowest BCUT2D eigenvalue weighted by Gasteiger charge is -2.30. The molecule has 0 fully saturated rings. The van der Waals surface area contributed by atoms with E-state index in [1.165, 1.54) is 21.4 Å². The second-order valence-electron chi connectivity index (χ2n) is 6.04. The molecule has 0 saturated carbocycles. The van der Waals surface area contributed by atoms with Crippen molar-refractivity contribution in [1.82, 2.24) is 9.47 Å². The Morgan fingerprint density at radius 3 is 2.58 bits per heavy atom. The zero-order valence-corrected chi connectivity index (χ0v) is 13.8. The molecular weight excluding hydrogens is 308 g/mol. The van der Waals surface area contributed by atoms with Crippen LogP contribution in [0.4, 0.5) is 4.79 Å². The predicted octanol–water partition coefficient (Wildman–Crippen LogP) is 3.39. The zero-order chi connectivity index (χ0) is 14.4. The number of carbonyl (C=O) groups is 1. The molecule has 1 aromatic rings. The van der Waals surface area contributed by atoms with E-state index in [0.717, 1.165) is 6.42 Å². The third-order valence-corrected chi connectivity index (χ3v) is 4.52. The van der Waals surface area contributed by atoms with Crippen LogP contribution in [-0.4, -0.2) is 27.7 Å². The lowest BCUT2D eigenvalue weighted by molar-refractivity contribution is 0.0219. The Labute approximate surface area is 122 Å². The molecule has 2 rings (SSSR count). The standard InChI is InChI=1S/C14H21BrN2O2/c1-9-12(15)10-6-7-17(8-11(10)16(9)5)13(18)19-14(2,3)4/h6-8H2,1-5H3. The van der Waals surface area contributed by atoms with Crippen molar-refractivity contribution in [3.05, 3.63) is 21.4 Å². The van der Waals surface area contributed by atoms with Crippen molar-refractivity contribution < 1.29 is 9.53 Å². The molecule has 5 heteroatoms. The van der Waals surface area contributed by atoms with Gasteiger partial charge in [-0.3, -0.25) is 0 Å². The normalized spacial score (nSPS) is 15.4. The van der Waals surface area contributed by atoms with Crippen molar-refractivity contribution in [1.29, 1.82) is 0 Å². The van der Waals surface area contributed by atoms with Gasteiger partial charge in [0.05, 0.1) is 6.54 Å². The number of hydrogen-bond acceptors (Lipinski definition) is 2. The number of aromatic nitrogens is 1. The molecule has 1 amide bonds. The molecule has 0 aromatic carbocycles. The third-order valence-electron chi connectivity index (χ3n) is 3.46. The van der Waals surface area contributed by atoms with Crippen molar-refractivity contribution in [2.45, 2.75) is 46.3 Å². The fourth-order valence-corrected chi connectivity index (χ4v) is 3.03. The predicted molar refractivity (Wildman–Crippen MR) is 78.2 cm³/mol. The lowest BCUT2D eigenvalue weighted by atomic mass is 10.1. The Hall–Kier alpha value is -0.970. The molecule has 0 saturated heterocycles. The SMILES string of the molecule is Cc1c(Br)c2c(n1C)CN(C(=O)OC(C)(C)C)CC2. The second kappa shape index (κ2) is 4.85. The third kappa shape index (κ3) is 2.81. The van der Waals surface area contributed by atoms with Crippen LogP contribution in [0.15, 0.2) is 4.47 Å². The van der Waals surface area contributed by atoms with E-state index in [-0.39, 0.29) is 6.09 Å². The van der Waals surface area contributed by atoms with Crippen LogP contribution < -0.4 is 0 Å². The highest BCUT2D eigenvalue weighted by atomic mass is 79.9. The first kappa shape index (κ1) is 14.4. The van der Waals surface area contributed by atoms with Gasteiger partial charge in [0, 0.05) is 29.5 Å². The molecule has 0 aliphatic carbocycles. The average Bonchev–Trinajstić information content (AvgIpc) is 2.52. The van der Waals surface area contributed by atoms with Crippen LogP contribution >= 0.6 is 15.9 Å². The minimum atomic E-state index is -0.442. The highest BCUT2D eigenvalue weighted by Gasteiger charge is 2.29. The van der Waals surface area contributed by atoms with Crippen molar-refractivity contribution >= 4 is 22.0 Å². The topological polar surface area (TPSA) is 34.5 Å². The maximum atomic E-state index is 12.1. The van der Waals surface area contributed by atoms with Gasteiger partial charge in [0.2, 0.25) is 0 Å². The van der Waals surface area contributed by atoms with E-state index in [9.17, 15) is 4.79 Å². The van der Waals surface area contributed by atoms with Crippen LogP contribution in [0.5, 0.6) is 0 Å². The zero-order valence-electron chi connectivity index (χ0n) is 12.2. The maximum absolute atomic E-state index is 12.1. The molecule has 1 aliphatic heterocycles. The van der Waals surface area contributed by atoms with E-state index in [2.05, 4.69) is 27.4 Å². The van der Waals surface area contributed by atoms with Gasteiger partial charge in [-0.15, -0.1) is 0 Å². The smallest absolute Gasteiger partial charge is 0.410 e. The minimum absolute atomic E-state index is 0.229. The Morgan fingerprint density at radius 1 is 1.37 bits per heavy atom. The summed E-state index contributed by atoms with van der Waals surface area (Å²) < 4.78 is 8.76. The van der Waals surface area contributed by atoms with Gasteiger partial charge in [-0.1, -0.05) is 0 Å². The summed E-state index contributed by atoms with van der Waals surface area (Å²) in [5.74, 6) is 0. The van der Waals surface area contributed by atoms with E-state index >= 15 is 0 Å². The molecule has 0 radical (unpaired) electrons. The molecule has 0 unspecified atom stereocenters. The van der Waals surface area contributed by atoms with Crippen LogP contribution in [0.25, 0.3) is 0 Å². The summed E-state index contributed by atoms with van der Waals surface area (Å²) >= 11 is 3.64. The van der Waals surface area contributed by atoms with Crippen molar-refractivity contribution in [2.24, 2.45) is 7.05 Å². The van der Waals surface area contributed by atoms with Crippen LogP contribution in [0, 0.1) is 6.92 Å². The van der Waals surface area contributed by atoms with E-state index < -0.39 is 5.60 Å². The monoisotopic (exact) mass is 328 g/mol. The number of hydrogen-bond donors (Lipinski definition) is 0. The minimum Gasteiger partial charge on any atom is -0.444 e. The Bertz CT molecular complexity index is 514. The molecule has 4 nitrogen and oxygen atoms in total. The summed E-state index contributed by atoms with van der Waals surface area (Å²) in [5.41, 5.74) is 3.28. The van der Waals surface area contributed by atoms with Gasteiger partial charge in [-0.05, 0) is 55.6 Å². The average molecular weight is 329 g/mol. The number of carbonyl (C=O) groups excluding carboxylic acids is 1. The number of ether oxygens (including phenoxy) is 1. The Morgan fingerprint density at radius 2 is 2.00 bits per heavy atom. The van der Waals surface area contributed by atoms with Crippen molar-refractivity contribution in [3.63, 3.8) is 0 Å². The van der Waals surface area contributed by atoms with E-state index in [0.29, 0.717) is 13.1 Å². The molecule has 19 heavy (non-hydrogen) atoms. The largest absolute Gasteiger partial charge is 0.444 e. The van der Waals surface area contributed by atoms with Crippen LogP contribution in [0.1, 0.15) is 37.7 Å². The number of halogens is 1. The fourth-order valence-electron chi connectivity index (χ4n) is 2.34. The quantitative estimate of drug-likeness (QED) is 0.731. The summed E-state index contributed by atoms with van der Waals surface area (Å²) in [6, 6.07) is 0. The summed E-state index contributed by atoms with van der Waals surface area (Å²) in [7, 11) is 2.04. The van der Waals surface area contributed by atoms with Gasteiger partial charge in [0.1, 0.15) is 5.60 Å². The van der Waals surface area contributed by atoms with Crippen LogP contribution in [0.2, 0.25) is 0 Å². The first-order valence-electron chi connectivity index (χ1n) is 6.51. The van der Waals surface area contributed by atoms with Crippen LogP contribution in [0.3, 0.4) is 0 Å². The summed E-state index contributed by atoms with van der Waals surface area (Å²) in [5, 5.41) is 0. The summed E-state index contributed by atoms with van der Waals surface area (Å²) in [4.78, 5) is 13.9. The maximum Gasteiger partial charge on any atom is 0.410 e. The van der Waals surface area contributed by atoms with E-state index in [4.69, 9.17) is 4.74 Å². The van der Waals surface area contributed by atoms with Crippen molar-refractivity contribution in [2.75, 3.05) is 6.54 Å². The first-order chi connectivity index (χ1) is 8.70.